The number of anilines is 1. The van der Waals surface area contributed by atoms with Crippen LogP contribution in [0.5, 0.6) is 0 Å². The Morgan fingerprint density at radius 2 is 1.70 bits per heavy atom. The van der Waals surface area contributed by atoms with Crippen molar-refractivity contribution in [3.05, 3.63) is 29.3 Å². The van der Waals surface area contributed by atoms with Crippen LogP contribution in [0.2, 0.25) is 0 Å². The number of hydrogen-bond acceptors (Lipinski definition) is 6. The predicted octanol–water partition coefficient (Wildman–Crippen LogP) is 1.15. The van der Waals surface area contributed by atoms with Crippen LogP contribution >= 0.6 is 0 Å². The van der Waals surface area contributed by atoms with Crippen molar-refractivity contribution >= 4 is 29.3 Å². The number of imide groups is 2. The van der Waals surface area contributed by atoms with E-state index in [4.69, 9.17) is 0 Å². The van der Waals surface area contributed by atoms with Crippen molar-refractivity contribution < 1.29 is 19.2 Å². The van der Waals surface area contributed by atoms with E-state index in [0.29, 0.717) is 23.2 Å². The SMILES string of the molecule is CC(C)(C)N1CC2CC1CN2c1ccc2c(c1)C(=O)N(C1CCC(=O)NC1=O)C2=O. The maximum absolute atomic E-state index is 13.1. The highest BCUT2D eigenvalue weighted by Gasteiger charge is 2.48. The monoisotopic (exact) mass is 410 g/mol. The largest absolute Gasteiger partial charge is 0.366 e. The van der Waals surface area contributed by atoms with Crippen LogP contribution < -0.4 is 10.2 Å². The number of piperidine rings is 1. The minimum atomic E-state index is -0.929. The van der Waals surface area contributed by atoms with Gasteiger partial charge in [-0.25, -0.2) is 0 Å². The second-order valence-corrected chi connectivity index (χ2v) is 9.70. The van der Waals surface area contributed by atoms with Gasteiger partial charge in [0.05, 0.1) is 11.1 Å². The highest BCUT2D eigenvalue weighted by Crippen LogP contribution is 2.39. The predicted molar refractivity (Wildman–Crippen MR) is 109 cm³/mol. The molecule has 3 atom stereocenters. The Kier molecular flexibility index (Phi) is 4.09. The molecular formula is C22H26N4O4. The molecule has 1 aromatic carbocycles. The highest BCUT2D eigenvalue weighted by atomic mass is 16.2. The first kappa shape index (κ1) is 19.2. The minimum absolute atomic E-state index is 0.121. The molecular weight excluding hydrogens is 384 g/mol. The third-order valence-corrected chi connectivity index (χ3v) is 6.86. The summed E-state index contributed by atoms with van der Waals surface area (Å²) in [5, 5.41) is 2.23. The number of rotatable bonds is 2. The van der Waals surface area contributed by atoms with Crippen LogP contribution in [-0.2, 0) is 9.59 Å². The minimum Gasteiger partial charge on any atom is -0.366 e. The second kappa shape index (κ2) is 6.38. The van der Waals surface area contributed by atoms with Crippen molar-refractivity contribution in [2.45, 2.75) is 63.7 Å². The summed E-state index contributed by atoms with van der Waals surface area (Å²) >= 11 is 0. The van der Waals surface area contributed by atoms with Crippen LogP contribution in [0.25, 0.3) is 0 Å². The van der Waals surface area contributed by atoms with Gasteiger partial charge in [-0.1, -0.05) is 0 Å². The normalized spacial score (nSPS) is 29.1. The van der Waals surface area contributed by atoms with Gasteiger partial charge in [0.2, 0.25) is 11.8 Å². The third kappa shape index (κ3) is 2.77. The lowest BCUT2D eigenvalue weighted by Crippen LogP contribution is -2.54. The molecule has 1 aromatic rings. The second-order valence-electron chi connectivity index (χ2n) is 9.70. The highest BCUT2D eigenvalue weighted by molar-refractivity contribution is 6.23. The lowest BCUT2D eigenvalue weighted by atomic mass is 10.0. The van der Waals surface area contributed by atoms with E-state index in [1.807, 2.05) is 6.07 Å². The quantitative estimate of drug-likeness (QED) is 0.736. The summed E-state index contributed by atoms with van der Waals surface area (Å²) < 4.78 is 0. The van der Waals surface area contributed by atoms with E-state index in [1.54, 1.807) is 12.1 Å². The van der Waals surface area contributed by atoms with Crippen molar-refractivity contribution in [3.63, 3.8) is 0 Å². The van der Waals surface area contributed by atoms with Gasteiger partial charge >= 0.3 is 0 Å². The molecule has 3 saturated heterocycles. The average Bonchev–Trinajstić information content (AvgIpc) is 3.35. The van der Waals surface area contributed by atoms with Crippen molar-refractivity contribution in [2.24, 2.45) is 0 Å². The van der Waals surface area contributed by atoms with Crippen molar-refractivity contribution in [3.8, 4) is 0 Å². The summed E-state index contributed by atoms with van der Waals surface area (Å²) in [5.41, 5.74) is 1.75. The van der Waals surface area contributed by atoms with Crippen LogP contribution in [0.4, 0.5) is 5.69 Å². The van der Waals surface area contributed by atoms with Gasteiger partial charge in [0.15, 0.2) is 0 Å². The standard InChI is InChI=1S/C22H26N4O4/c1-22(2,3)25-11-13-8-14(25)10-24(13)12-4-5-15-16(9-12)21(30)26(20(15)29)17-6-7-18(27)23-19(17)28/h4-5,9,13-14,17H,6-8,10-11H2,1-3H3,(H,23,27,28). The summed E-state index contributed by atoms with van der Waals surface area (Å²) in [7, 11) is 0. The summed E-state index contributed by atoms with van der Waals surface area (Å²) in [6, 6.07) is 5.35. The molecule has 0 radical (unpaired) electrons. The Bertz CT molecular complexity index is 982. The molecule has 0 spiro atoms. The van der Waals surface area contributed by atoms with Gasteiger partial charge in [-0.15, -0.1) is 0 Å². The summed E-state index contributed by atoms with van der Waals surface area (Å²) in [5.74, 6) is -1.87. The fraction of sp³-hybridized carbons (Fsp3) is 0.545. The molecule has 8 nitrogen and oxygen atoms in total. The zero-order valence-electron chi connectivity index (χ0n) is 17.5. The number of piperazine rings is 1. The van der Waals surface area contributed by atoms with E-state index >= 15 is 0 Å². The van der Waals surface area contributed by atoms with E-state index < -0.39 is 23.8 Å². The molecule has 4 aliphatic rings. The van der Waals surface area contributed by atoms with Crippen molar-refractivity contribution in [1.82, 2.24) is 15.1 Å². The van der Waals surface area contributed by atoms with Crippen LogP contribution in [0.3, 0.4) is 0 Å². The van der Waals surface area contributed by atoms with Gasteiger partial charge < -0.3 is 4.90 Å². The van der Waals surface area contributed by atoms with Gasteiger partial charge in [0.1, 0.15) is 6.04 Å². The molecule has 4 amide bonds. The molecule has 4 aliphatic heterocycles. The van der Waals surface area contributed by atoms with Crippen molar-refractivity contribution in [1.29, 1.82) is 0 Å². The number of benzene rings is 1. The molecule has 30 heavy (non-hydrogen) atoms. The van der Waals surface area contributed by atoms with Gasteiger partial charge in [-0.05, 0) is 51.8 Å². The Labute approximate surface area is 175 Å². The number of nitrogens with zero attached hydrogens (tertiary/aromatic N) is 3. The first-order valence-corrected chi connectivity index (χ1v) is 10.5. The molecule has 0 aliphatic carbocycles. The first-order chi connectivity index (χ1) is 14.1. The lowest BCUT2D eigenvalue weighted by molar-refractivity contribution is -0.136. The number of nitrogens with one attached hydrogen (secondary N) is 1. The molecule has 3 unspecified atom stereocenters. The number of hydrogen-bond donors (Lipinski definition) is 1. The molecule has 158 valence electrons. The van der Waals surface area contributed by atoms with E-state index in [-0.39, 0.29) is 24.3 Å². The van der Waals surface area contributed by atoms with Gasteiger partial charge in [0.25, 0.3) is 11.8 Å². The fourth-order valence-electron chi connectivity index (χ4n) is 5.44. The summed E-state index contributed by atoms with van der Waals surface area (Å²) in [4.78, 5) is 55.5. The Morgan fingerprint density at radius 3 is 2.33 bits per heavy atom. The van der Waals surface area contributed by atoms with E-state index in [9.17, 15) is 19.2 Å². The molecule has 0 saturated carbocycles. The van der Waals surface area contributed by atoms with Gasteiger partial charge in [-0.3, -0.25) is 34.3 Å². The molecule has 5 rings (SSSR count). The van der Waals surface area contributed by atoms with Crippen molar-refractivity contribution in [2.75, 3.05) is 18.0 Å². The zero-order valence-corrected chi connectivity index (χ0v) is 17.5. The number of likely N-dealkylation sites (tertiary alicyclic amines) is 1. The maximum atomic E-state index is 13.1. The topological polar surface area (TPSA) is 90.0 Å². The molecule has 0 aromatic heterocycles. The van der Waals surface area contributed by atoms with Gasteiger partial charge in [-0.2, -0.15) is 0 Å². The molecule has 8 heteroatoms. The summed E-state index contributed by atoms with van der Waals surface area (Å²) in [6.45, 7) is 8.60. The molecule has 1 N–H and O–H groups in total. The fourth-order valence-corrected chi connectivity index (χ4v) is 5.44. The van der Waals surface area contributed by atoms with Crippen LogP contribution in [0, 0.1) is 0 Å². The Morgan fingerprint density at radius 1 is 0.967 bits per heavy atom. The number of fused-ring (bicyclic) bond motifs is 3. The number of carbonyl (C=O) groups excluding carboxylic acids is 4. The maximum Gasteiger partial charge on any atom is 0.262 e. The van der Waals surface area contributed by atoms with E-state index in [2.05, 4.69) is 35.9 Å². The summed E-state index contributed by atoms with van der Waals surface area (Å²) in [6.07, 6.45) is 1.39. The zero-order chi connectivity index (χ0) is 21.4. The molecule has 3 fully saturated rings. The van der Waals surface area contributed by atoms with Crippen LogP contribution in [0.1, 0.15) is 60.7 Å². The van der Waals surface area contributed by atoms with Crippen LogP contribution in [0.15, 0.2) is 18.2 Å². The molecule has 4 heterocycles. The van der Waals surface area contributed by atoms with E-state index in [1.165, 1.54) is 0 Å². The Hall–Kier alpha value is -2.74. The van der Waals surface area contributed by atoms with Crippen LogP contribution in [-0.4, -0.2) is 70.2 Å². The molecule has 2 bridgehead atoms. The van der Waals surface area contributed by atoms with Gasteiger partial charge in [0, 0.05) is 42.8 Å². The Balaban J connectivity index is 1.39. The van der Waals surface area contributed by atoms with E-state index in [0.717, 1.165) is 30.1 Å². The number of carbonyl (C=O) groups is 4. The smallest absolute Gasteiger partial charge is 0.262 e. The first-order valence-electron chi connectivity index (χ1n) is 10.5. The third-order valence-electron chi connectivity index (χ3n) is 6.86. The average molecular weight is 410 g/mol. The number of amides is 4. The lowest BCUT2D eigenvalue weighted by Gasteiger charge is -2.42.